The van der Waals surface area contributed by atoms with Crippen LogP contribution in [0.2, 0.25) is 0 Å². The molecule has 0 N–H and O–H groups in total. The number of allylic oxidation sites excluding steroid dienone is 1. The van der Waals surface area contributed by atoms with Gasteiger partial charge in [0, 0.05) is 0 Å². The lowest BCUT2D eigenvalue weighted by molar-refractivity contribution is 0.608. The maximum Gasteiger partial charge on any atom is 0.140 e. The van der Waals surface area contributed by atoms with Crippen molar-refractivity contribution >= 4 is 15.9 Å². The van der Waals surface area contributed by atoms with E-state index in [1.54, 1.807) is 18.2 Å². The minimum absolute atomic E-state index is 0.188. The lowest BCUT2D eigenvalue weighted by Gasteiger charge is -1.99. The number of benzene rings is 1. The van der Waals surface area contributed by atoms with Gasteiger partial charge in [0.2, 0.25) is 0 Å². The fourth-order valence-electron chi connectivity index (χ4n) is 0.862. The predicted octanol–water partition coefficient (Wildman–Crippen LogP) is 3.32. The first-order valence-electron chi connectivity index (χ1n) is 3.29. The van der Waals surface area contributed by atoms with E-state index in [1.807, 2.05) is 6.07 Å². The highest BCUT2D eigenvalue weighted by Gasteiger charge is 2.02. The summed E-state index contributed by atoms with van der Waals surface area (Å²) < 4.78 is 13.6. The lowest BCUT2D eigenvalue weighted by Crippen LogP contribution is -1.87. The molecule has 0 fully saturated rings. The number of hydrogen-bond donors (Lipinski definition) is 0. The molecule has 0 radical (unpaired) electrons. The fourth-order valence-corrected chi connectivity index (χ4v) is 1.27. The molecule has 2 heteroatoms. The molecule has 0 heterocycles. The van der Waals surface area contributed by atoms with E-state index in [0.717, 1.165) is 0 Å². The van der Waals surface area contributed by atoms with E-state index < -0.39 is 0 Å². The molecule has 0 aliphatic rings. The molecular formula is C9H8BrF. The summed E-state index contributed by atoms with van der Waals surface area (Å²) in [6.07, 6.45) is 2.26. The third-order valence-electron chi connectivity index (χ3n) is 1.40. The average molecular weight is 215 g/mol. The van der Waals surface area contributed by atoms with E-state index in [2.05, 4.69) is 22.5 Å². The van der Waals surface area contributed by atoms with Gasteiger partial charge >= 0.3 is 0 Å². The van der Waals surface area contributed by atoms with Crippen molar-refractivity contribution in [1.29, 1.82) is 0 Å². The van der Waals surface area contributed by atoms with E-state index in [0.29, 0.717) is 16.5 Å². The van der Waals surface area contributed by atoms with Crippen LogP contribution in [0.15, 0.2) is 35.3 Å². The van der Waals surface area contributed by atoms with E-state index in [1.165, 1.54) is 0 Å². The van der Waals surface area contributed by atoms with Crippen molar-refractivity contribution in [2.45, 2.75) is 6.42 Å². The van der Waals surface area contributed by atoms with Crippen molar-refractivity contribution in [3.8, 4) is 0 Å². The fraction of sp³-hybridized carbons (Fsp3) is 0.111. The van der Waals surface area contributed by atoms with Gasteiger partial charge in [0.25, 0.3) is 0 Å². The first-order valence-corrected chi connectivity index (χ1v) is 4.09. The summed E-state index contributed by atoms with van der Waals surface area (Å²) in [5.41, 5.74) is 0.675. The molecule has 0 aliphatic heterocycles. The first kappa shape index (κ1) is 8.47. The third-order valence-corrected chi connectivity index (χ3v) is 2.01. The largest absolute Gasteiger partial charge is 0.205 e. The second kappa shape index (κ2) is 3.67. The molecule has 0 aromatic heterocycles. The van der Waals surface area contributed by atoms with E-state index >= 15 is 0 Å². The standard InChI is InChI=1S/C9H8BrF/c1-2-4-7-5-3-6-8(10)9(7)11/h2-3,5-6H,1,4H2. The Kier molecular flexibility index (Phi) is 2.83. The van der Waals surface area contributed by atoms with Crippen LogP contribution in [0.3, 0.4) is 0 Å². The molecule has 1 aromatic rings. The zero-order valence-corrected chi connectivity index (χ0v) is 7.57. The highest BCUT2D eigenvalue weighted by atomic mass is 79.9. The van der Waals surface area contributed by atoms with Gasteiger partial charge in [-0.3, -0.25) is 0 Å². The molecule has 0 amide bonds. The minimum atomic E-state index is -0.188. The van der Waals surface area contributed by atoms with Crippen molar-refractivity contribution in [3.05, 3.63) is 46.7 Å². The zero-order valence-electron chi connectivity index (χ0n) is 5.98. The van der Waals surface area contributed by atoms with Gasteiger partial charge in [-0.05, 0) is 34.0 Å². The second-order valence-electron chi connectivity index (χ2n) is 2.21. The van der Waals surface area contributed by atoms with E-state index in [4.69, 9.17) is 0 Å². The molecule has 0 unspecified atom stereocenters. The summed E-state index contributed by atoms with van der Waals surface area (Å²) >= 11 is 3.11. The Morgan fingerprint density at radius 3 is 2.91 bits per heavy atom. The zero-order chi connectivity index (χ0) is 8.27. The smallest absolute Gasteiger partial charge is 0.140 e. The molecule has 58 valence electrons. The van der Waals surface area contributed by atoms with Gasteiger partial charge in [0.1, 0.15) is 5.82 Å². The van der Waals surface area contributed by atoms with Gasteiger partial charge in [-0.2, -0.15) is 0 Å². The van der Waals surface area contributed by atoms with Crippen molar-refractivity contribution in [1.82, 2.24) is 0 Å². The topological polar surface area (TPSA) is 0 Å². The summed E-state index contributed by atoms with van der Waals surface area (Å²) in [6.45, 7) is 3.54. The highest BCUT2D eigenvalue weighted by Crippen LogP contribution is 2.18. The number of hydrogen-bond acceptors (Lipinski definition) is 0. The van der Waals surface area contributed by atoms with Crippen LogP contribution in [0, 0.1) is 5.82 Å². The Hall–Kier alpha value is -0.630. The monoisotopic (exact) mass is 214 g/mol. The van der Waals surface area contributed by atoms with E-state index in [9.17, 15) is 4.39 Å². The van der Waals surface area contributed by atoms with Gasteiger partial charge in [-0.25, -0.2) is 4.39 Å². The van der Waals surface area contributed by atoms with Gasteiger partial charge in [-0.15, -0.1) is 6.58 Å². The minimum Gasteiger partial charge on any atom is -0.205 e. The van der Waals surface area contributed by atoms with Gasteiger partial charge in [0.15, 0.2) is 0 Å². The number of halogens is 2. The molecule has 0 saturated carbocycles. The van der Waals surface area contributed by atoms with Crippen LogP contribution in [-0.4, -0.2) is 0 Å². The van der Waals surface area contributed by atoms with Crippen molar-refractivity contribution in [2.75, 3.05) is 0 Å². The Bertz CT molecular complexity index is 268. The Balaban J connectivity index is 3.05. The second-order valence-corrected chi connectivity index (χ2v) is 3.06. The average Bonchev–Trinajstić information content (AvgIpc) is 1.99. The van der Waals surface area contributed by atoms with Crippen LogP contribution in [0.5, 0.6) is 0 Å². The van der Waals surface area contributed by atoms with Gasteiger partial charge in [-0.1, -0.05) is 18.2 Å². The molecule has 0 spiro atoms. The maximum absolute atomic E-state index is 13.1. The normalized spacial score (nSPS) is 9.64. The Morgan fingerprint density at radius 1 is 1.55 bits per heavy atom. The Morgan fingerprint density at radius 2 is 2.27 bits per heavy atom. The maximum atomic E-state index is 13.1. The third kappa shape index (κ3) is 1.90. The summed E-state index contributed by atoms with van der Waals surface area (Å²) in [6, 6.07) is 5.25. The first-order chi connectivity index (χ1) is 5.25. The van der Waals surface area contributed by atoms with E-state index in [-0.39, 0.29) is 5.82 Å². The van der Waals surface area contributed by atoms with Crippen molar-refractivity contribution in [3.63, 3.8) is 0 Å². The van der Waals surface area contributed by atoms with Crippen LogP contribution in [0.4, 0.5) is 4.39 Å². The highest BCUT2D eigenvalue weighted by molar-refractivity contribution is 9.10. The molecule has 1 aromatic carbocycles. The van der Waals surface area contributed by atoms with Crippen LogP contribution >= 0.6 is 15.9 Å². The molecule has 0 bridgehead atoms. The van der Waals surface area contributed by atoms with Crippen LogP contribution in [0.1, 0.15) is 5.56 Å². The number of rotatable bonds is 2. The predicted molar refractivity (Wildman–Crippen MR) is 48.0 cm³/mol. The van der Waals surface area contributed by atoms with Crippen molar-refractivity contribution < 1.29 is 4.39 Å². The van der Waals surface area contributed by atoms with Crippen LogP contribution < -0.4 is 0 Å². The van der Waals surface area contributed by atoms with Crippen molar-refractivity contribution in [2.24, 2.45) is 0 Å². The lowest BCUT2D eigenvalue weighted by atomic mass is 10.1. The molecule has 11 heavy (non-hydrogen) atoms. The summed E-state index contributed by atoms with van der Waals surface area (Å²) in [7, 11) is 0. The van der Waals surface area contributed by atoms with Crippen LogP contribution in [0.25, 0.3) is 0 Å². The summed E-state index contributed by atoms with van der Waals surface area (Å²) in [5.74, 6) is -0.188. The molecule has 0 aliphatic carbocycles. The van der Waals surface area contributed by atoms with Gasteiger partial charge < -0.3 is 0 Å². The summed E-state index contributed by atoms with van der Waals surface area (Å²) in [4.78, 5) is 0. The SMILES string of the molecule is C=CCc1cccc(Br)c1F. The molecule has 1 rings (SSSR count). The molecule has 0 atom stereocenters. The van der Waals surface area contributed by atoms with Gasteiger partial charge in [0.05, 0.1) is 4.47 Å². The summed E-state index contributed by atoms with van der Waals surface area (Å²) in [5, 5.41) is 0. The van der Waals surface area contributed by atoms with Crippen LogP contribution in [-0.2, 0) is 6.42 Å². The molecule has 0 saturated heterocycles. The molecule has 0 nitrogen and oxygen atoms in total. The Labute approximate surface area is 73.9 Å². The molecular weight excluding hydrogens is 207 g/mol. The quantitative estimate of drug-likeness (QED) is 0.664.